The number of hydrogen-bond donors (Lipinski definition) is 2. The Morgan fingerprint density at radius 2 is 1.36 bits per heavy atom. The molecule has 0 bridgehead atoms. The molecule has 0 spiro atoms. The van der Waals surface area contributed by atoms with Crippen LogP contribution in [0.4, 0.5) is 11.4 Å². The first-order valence-electron chi connectivity index (χ1n) is 10.5. The summed E-state index contributed by atoms with van der Waals surface area (Å²) in [5.74, 6) is -0.904. The lowest BCUT2D eigenvalue weighted by molar-refractivity contribution is -0.116. The van der Waals surface area contributed by atoms with E-state index in [1.807, 2.05) is 37.3 Å². The highest BCUT2D eigenvalue weighted by atomic mass is 32.2. The number of sulfonamides is 1. The van der Waals surface area contributed by atoms with Crippen LogP contribution in [0.2, 0.25) is 0 Å². The quantitative estimate of drug-likeness (QED) is 0.526. The molecule has 172 valence electrons. The largest absolute Gasteiger partial charge is 0.345 e. The van der Waals surface area contributed by atoms with Crippen LogP contribution in [0.15, 0.2) is 84.9 Å². The Morgan fingerprint density at radius 3 is 1.97 bits per heavy atom. The van der Waals surface area contributed by atoms with Crippen molar-refractivity contribution < 1.29 is 18.0 Å². The molecule has 0 saturated heterocycles. The molecule has 0 radical (unpaired) electrons. The van der Waals surface area contributed by atoms with Crippen molar-refractivity contribution in [2.75, 3.05) is 15.9 Å². The zero-order valence-corrected chi connectivity index (χ0v) is 19.5. The van der Waals surface area contributed by atoms with Crippen LogP contribution in [0.1, 0.15) is 35.8 Å². The van der Waals surface area contributed by atoms with Crippen LogP contribution < -0.4 is 14.9 Å². The van der Waals surface area contributed by atoms with Crippen molar-refractivity contribution in [2.45, 2.75) is 25.9 Å². The van der Waals surface area contributed by atoms with Gasteiger partial charge in [0.15, 0.2) is 0 Å². The Bertz CT molecular complexity index is 1210. The second-order valence-corrected chi connectivity index (χ2v) is 9.57. The number of para-hydroxylation sites is 2. The lowest BCUT2D eigenvalue weighted by Crippen LogP contribution is -2.45. The molecule has 0 aliphatic rings. The summed E-state index contributed by atoms with van der Waals surface area (Å²) in [5.41, 5.74) is 1.91. The van der Waals surface area contributed by atoms with E-state index in [-0.39, 0.29) is 17.5 Å². The number of carbonyl (C=O) groups is 2. The van der Waals surface area contributed by atoms with E-state index in [4.69, 9.17) is 0 Å². The third-order valence-electron chi connectivity index (χ3n) is 5.18. The summed E-state index contributed by atoms with van der Waals surface area (Å²) in [4.78, 5) is 26.0. The summed E-state index contributed by atoms with van der Waals surface area (Å²) >= 11 is 0. The van der Waals surface area contributed by atoms with Crippen LogP contribution in [0.5, 0.6) is 0 Å². The van der Waals surface area contributed by atoms with Gasteiger partial charge in [-0.2, -0.15) is 0 Å². The Hall–Kier alpha value is -3.65. The number of carbonyl (C=O) groups excluding carboxylic acids is 2. The van der Waals surface area contributed by atoms with E-state index < -0.39 is 22.0 Å². The second-order valence-electron chi connectivity index (χ2n) is 7.71. The van der Waals surface area contributed by atoms with Gasteiger partial charge in [-0.05, 0) is 43.7 Å². The van der Waals surface area contributed by atoms with Crippen LogP contribution >= 0.6 is 0 Å². The molecule has 2 amide bonds. The average molecular weight is 466 g/mol. The smallest absolute Gasteiger partial charge is 0.253 e. The molecule has 3 rings (SSSR count). The molecule has 0 unspecified atom stereocenters. The van der Waals surface area contributed by atoms with Crippen LogP contribution in [-0.4, -0.2) is 32.5 Å². The van der Waals surface area contributed by atoms with Gasteiger partial charge < -0.3 is 10.6 Å². The number of rotatable bonds is 8. The SMILES string of the molecule is C[C@H](C(=O)Nc1ccccc1C(=O)N[C@H](C)c1ccccc1)N(c1ccccc1)S(C)(=O)=O. The summed E-state index contributed by atoms with van der Waals surface area (Å²) in [6, 6.07) is 23.3. The number of amides is 2. The van der Waals surface area contributed by atoms with Gasteiger partial charge in [-0.15, -0.1) is 0 Å². The highest BCUT2D eigenvalue weighted by Gasteiger charge is 2.29. The molecule has 3 aromatic rings. The van der Waals surface area contributed by atoms with E-state index in [9.17, 15) is 18.0 Å². The van der Waals surface area contributed by atoms with E-state index in [1.165, 1.54) is 6.92 Å². The average Bonchev–Trinajstić information content (AvgIpc) is 2.79. The lowest BCUT2D eigenvalue weighted by atomic mass is 10.1. The molecule has 8 heteroatoms. The van der Waals surface area contributed by atoms with Crippen LogP contribution in [0.25, 0.3) is 0 Å². The summed E-state index contributed by atoms with van der Waals surface area (Å²) in [7, 11) is -3.73. The van der Waals surface area contributed by atoms with Crippen molar-refractivity contribution in [3.63, 3.8) is 0 Å². The fourth-order valence-electron chi connectivity index (χ4n) is 3.51. The lowest BCUT2D eigenvalue weighted by Gasteiger charge is -2.28. The minimum atomic E-state index is -3.73. The zero-order chi connectivity index (χ0) is 24.0. The normalized spacial score (nSPS) is 12.9. The van der Waals surface area contributed by atoms with Gasteiger partial charge in [0.25, 0.3) is 5.91 Å². The van der Waals surface area contributed by atoms with Crippen molar-refractivity contribution in [3.8, 4) is 0 Å². The molecule has 0 aliphatic heterocycles. The van der Waals surface area contributed by atoms with Gasteiger partial charge in [-0.25, -0.2) is 8.42 Å². The Labute approximate surface area is 194 Å². The summed E-state index contributed by atoms with van der Waals surface area (Å²) in [6.07, 6.45) is 1.05. The Morgan fingerprint density at radius 1 is 0.818 bits per heavy atom. The van der Waals surface area contributed by atoms with Crippen LogP contribution in [0.3, 0.4) is 0 Å². The molecular formula is C25H27N3O4S. The van der Waals surface area contributed by atoms with Gasteiger partial charge in [-0.1, -0.05) is 60.7 Å². The number of benzene rings is 3. The van der Waals surface area contributed by atoms with Crippen molar-refractivity contribution in [2.24, 2.45) is 0 Å². The molecule has 0 aliphatic carbocycles. The first-order chi connectivity index (χ1) is 15.7. The fraction of sp³-hybridized carbons (Fsp3) is 0.200. The molecular weight excluding hydrogens is 438 g/mol. The molecule has 3 aromatic carbocycles. The standard InChI is InChI=1S/C25H27N3O4S/c1-18(20-12-6-4-7-13-20)26-25(30)22-16-10-11-17-23(22)27-24(29)19(2)28(33(3,31)32)21-14-8-5-9-15-21/h4-19H,1-3H3,(H,26,30)(H,27,29)/t18-,19-/m1/s1. The second kappa shape index (κ2) is 10.3. The summed E-state index contributed by atoms with van der Waals surface area (Å²) in [6.45, 7) is 3.38. The molecule has 0 aromatic heterocycles. The van der Waals surface area contributed by atoms with Crippen molar-refractivity contribution in [1.29, 1.82) is 0 Å². The number of hydrogen-bond acceptors (Lipinski definition) is 4. The maximum absolute atomic E-state index is 13.0. The van der Waals surface area contributed by atoms with Gasteiger partial charge in [-0.3, -0.25) is 13.9 Å². The topological polar surface area (TPSA) is 95.6 Å². The van der Waals surface area contributed by atoms with Crippen LogP contribution in [0, 0.1) is 0 Å². The van der Waals surface area contributed by atoms with E-state index in [0.717, 1.165) is 16.1 Å². The maximum atomic E-state index is 13.0. The molecule has 2 N–H and O–H groups in total. The summed E-state index contributed by atoms with van der Waals surface area (Å²) in [5, 5.41) is 5.65. The maximum Gasteiger partial charge on any atom is 0.253 e. The van der Waals surface area contributed by atoms with Crippen molar-refractivity contribution in [3.05, 3.63) is 96.1 Å². The van der Waals surface area contributed by atoms with E-state index in [1.54, 1.807) is 54.6 Å². The minimum Gasteiger partial charge on any atom is -0.345 e. The van der Waals surface area contributed by atoms with Gasteiger partial charge in [0.2, 0.25) is 15.9 Å². The molecule has 0 fully saturated rings. The van der Waals surface area contributed by atoms with Gasteiger partial charge in [0, 0.05) is 0 Å². The van der Waals surface area contributed by atoms with E-state index in [0.29, 0.717) is 11.4 Å². The zero-order valence-electron chi connectivity index (χ0n) is 18.7. The van der Waals surface area contributed by atoms with Gasteiger partial charge in [0.1, 0.15) is 6.04 Å². The fourth-order valence-corrected chi connectivity index (χ4v) is 4.69. The molecule has 0 heterocycles. The number of nitrogens with zero attached hydrogens (tertiary/aromatic N) is 1. The molecule has 33 heavy (non-hydrogen) atoms. The molecule has 0 saturated carbocycles. The molecule has 2 atom stereocenters. The Balaban J connectivity index is 1.81. The highest BCUT2D eigenvalue weighted by molar-refractivity contribution is 7.92. The first-order valence-corrected chi connectivity index (χ1v) is 12.3. The third-order valence-corrected chi connectivity index (χ3v) is 6.42. The highest BCUT2D eigenvalue weighted by Crippen LogP contribution is 2.23. The monoisotopic (exact) mass is 465 g/mol. The predicted molar refractivity (Wildman–Crippen MR) is 131 cm³/mol. The van der Waals surface area contributed by atoms with Gasteiger partial charge in [0.05, 0.1) is 29.2 Å². The number of nitrogens with one attached hydrogen (secondary N) is 2. The van der Waals surface area contributed by atoms with E-state index >= 15 is 0 Å². The predicted octanol–water partition coefficient (Wildman–Crippen LogP) is 3.97. The minimum absolute atomic E-state index is 0.236. The van der Waals surface area contributed by atoms with E-state index in [2.05, 4.69) is 10.6 Å². The third kappa shape index (κ3) is 5.98. The van der Waals surface area contributed by atoms with Gasteiger partial charge >= 0.3 is 0 Å². The number of anilines is 2. The molecule has 7 nitrogen and oxygen atoms in total. The van der Waals surface area contributed by atoms with Crippen molar-refractivity contribution >= 4 is 33.2 Å². The van der Waals surface area contributed by atoms with Crippen molar-refractivity contribution in [1.82, 2.24) is 5.32 Å². The Kier molecular flexibility index (Phi) is 7.50. The first kappa shape index (κ1) is 24.0. The summed E-state index contributed by atoms with van der Waals surface area (Å²) < 4.78 is 25.9. The van der Waals surface area contributed by atoms with Crippen LogP contribution in [-0.2, 0) is 14.8 Å².